The Morgan fingerprint density at radius 3 is 2.48 bits per heavy atom. The van der Waals surface area contributed by atoms with E-state index >= 15 is 0 Å². The molecular weight excluding hydrogens is 262 g/mol. The summed E-state index contributed by atoms with van der Waals surface area (Å²) in [5.41, 5.74) is 2.08. The first-order chi connectivity index (χ1) is 10.1. The minimum Gasteiger partial charge on any atom is -0.296 e. The fraction of sp³-hybridized carbons (Fsp3) is 0.556. The number of aryl methyl sites for hydroxylation is 1. The average Bonchev–Trinajstić information content (AvgIpc) is 2.64. The molecule has 3 heteroatoms. The highest BCUT2D eigenvalue weighted by Crippen LogP contribution is 2.50. The predicted molar refractivity (Wildman–Crippen MR) is 81.8 cm³/mol. The lowest BCUT2D eigenvalue weighted by Crippen LogP contribution is -2.50. The number of rotatable bonds is 1. The van der Waals surface area contributed by atoms with Crippen LogP contribution in [-0.4, -0.2) is 11.8 Å². The number of hydrogen-bond acceptors (Lipinski definition) is 2. The molecule has 0 bridgehead atoms. The standard InChI is InChI=1S/C18H23NO2/c1-13-7-6-8-14(11-13)16-17(21)19-15(20)12-18(16)9-4-2-3-5-10-18/h6-8,11,16H,2-5,9-10,12H2,1H3,(H,19,20,21). The van der Waals surface area contributed by atoms with Crippen LogP contribution in [0.1, 0.15) is 62.0 Å². The number of hydrogen-bond donors (Lipinski definition) is 1. The Kier molecular flexibility index (Phi) is 3.83. The molecule has 1 N–H and O–H groups in total. The monoisotopic (exact) mass is 285 g/mol. The number of benzene rings is 1. The first-order valence-electron chi connectivity index (χ1n) is 8.01. The van der Waals surface area contributed by atoms with E-state index in [1.165, 1.54) is 18.4 Å². The van der Waals surface area contributed by atoms with Gasteiger partial charge in [0, 0.05) is 6.42 Å². The molecule has 1 heterocycles. The molecule has 2 aliphatic rings. The molecule has 0 aromatic heterocycles. The summed E-state index contributed by atoms with van der Waals surface area (Å²) in [5.74, 6) is -0.363. The van der Waals surface area contributed by atoms with E-state index in [0.717, 1.165) is 31.2 Å². The molecule has 3 nitrogen and oxygen atoms in total. The van der Waals surface area contributed by atoms with E-state index in [4.69, 9.17) is 0 Å². The molecule has 1 spiro atoms. The lowest BCUT2D eigenvalue weighted by Gasteiger charge is -2.42. The number of carbonyl (C=O) groups is 2. The van der Waals surface area contributed by atoms with Crippen molar-refractivity contribution in [3.8, 4) is 0 Å². The fourth-order valence-electron chi connectivity index (χ4n) is 4.21. The van der Waals surface area contributed by atoms with Gasteiger partial charge in [-0.15, -0.1) is 0 Å². The fourth-order valence-corrected chi connectivity index (χ4v) is 4.21. The van der Waals surface area contributed by atoms with Crippen molar-refractivity contribution in [2.45, 2.75) is 57.8 Å². The first kappa shape index (κ1) is 14.3. The lowest BCUT2D eigenvalue weighted by molar-refractivity contribution is -0.140. The summed E-state index contributed by atoms with van der Waals surface area (Å²) in [5, 5.41) is 2.56. The molecule has 2 amide bonds. The molecule has 1 aromatic rings. The van der Waals surface area contributed by atoms with Crippen LogP contribution >= 0.6 is 0 Å². The molecule has 1 saturated heterocycles. The van der Waals surface area contributed by atoms with E-state index in [9.17, 15) is 9.59 Å². The van der Waals surface area contributed by atoms with Crippen LogP contribution in [0, 0.1) is 12.3 Å². The maximum absolute atomic E-state index is 12.6. The molecule has 1 aliphatic carbocycles. The maximum atomic E-state index is 12.6. The van der Waals surface area contributed by atoms with Gasteiger partial charge in [0.25, 0.3) is 0 Å². The summed E-state index contributed by atoms with van der Waals surface area (Å²) in [6.07, 6.45) is 7.18. The van der Waals surface area contributed by atoms with Crippen LogP contribution in [0.3, 0.4) is 0 Å². The highest BCUT2D eigenvalue weighted by atomic mass is 16.2. The van der Waals surface area contributed by atoms with Crippen LogP contribution in [0.15, 0.2) is 24.3 Å². The summed E-state index contributed by atoms with van der Waals surface area (Å²) < 4.78 is 0. The number of nitrogens with one attached hydrogen (secondary N) is 1. The van der Waals surface area contributed by atoms with Crippen molar-refractivity contribution < 1.29 is 9.59 Å². The van der Waals surface area contributed by atoms with Crippen molar-refractivity contribution in [2.75, 3.05) is 0 Å². The quantitative estimate of drug-likeness (QED) is 0.803. The predicted octanol–water partition coefficient (Wildman–Crippen LogP) is 3.47. The van der Waals surface area contributed by atoms with Gasteiger partial charge in [-0.05, 0) is 30.7 Å². The molecule has 2 fully saturated rings. The number of amides is 2. The van der Waals surface area contributed by atoms with Crippen LogP contribution < -0.4 is 5.32 Å². The molecule has 1 unspecified atom stereocenters. The van der Waals surface area contributed by atoms with Crippen LogP contribution in [0.4, 0.5) is 0 Å². The molecule has 112 valence electrons. The van der Waals surface area contributed by atoms with Crippen LogP contribution in [0.25, 0.3) is 0 Å². The van der Waals surface area contributed by atoms with Gasteiger partial charge >= 0.3 is 0 Å². The summed E-state index contributed by atoms with van der Waals surface area (Å²) in [7, 11) is 0. The second-order valence-corrected chi connectivity index (χ2v) is 6.71. The van der Waals surface area contributed by atoms with Gasteiger partial charge in [-0.3, -0.25) is 14.9 Å². The van der Waals surface area contributed by atoms with Crippen molar-refractivity contribution in [1.29, 1.82) is 0 Å². The van der Waals surface area contributed by atoms with E-state index in [1.54, 1.807) is 0 Å². The summed E-state index contributed by atoms with van der Waals surface area (Å²) in [6.45, 7) is 2.05. The van der Waals surface area contributed by atoms with E-state index in [2.05, 4.69) is 24.4 Å². The van der Waals surface area contributed by atoms with Gasteiger partial charge in [-0.1, -0.05) is 55.5 Å². The normalized spacial score (nSPS) is 25.5. The number of imide groups is 1. The Bertz CT molecular complexity index is 556. The maximum Gasteiger partial charge on any atom is 0.234 e. The van der Waals surface area contributed by atoms with Gasteiger partial charge in [0.2, 0.25) is 11.8 Å². The molecule has 1 aromatic carbocycles. The van der Waals surface area contributed by atoms with Crippen molar-refractivity contribution in [2.24, 2.45) is 5.41 Å². The molecule has 0 radical (unpaired) electrons. The number of piperidine rings is 1. The van der Waals surface area contributed by atoms with Gasteiger partial charge < -0.3 is 0 Å². The molecule has 1 atom stereocenters. The Morgan fingerprint density at radius 1 is 1.10 bits per heavy atom. The van der Waals surface area contributed by atoms with Gasteiger partial charge in [0.1, 0.15) is 0 Å². The lowest BCUT2D eigenvalue weighted by atomic mass is 9.63. The third kappa shape index (κ3) is 2.74. The highest BCUT2D eigenvalue weighted by Gasteiger charge is 2.48. The summed E-state index contributed by atoms with van der Waals surface area (Å²) in [4.78, 5) is 24.5. The topological polar surface area (TPSA) is 46.2 Å². The first-order valence-corrected chi connectivity index (χ1v) is 8.01. The van der Waals surface area contributed by atoms with Gasteiger partial charge in [-0.2, -0.15) is 0 Å². The smallest absolute Gasteiger partial charge is 0.234 e. The van der Waals surface area contributed by atoms with Crippen LogP contribution in [-0.2, 0) is 9.59 Å². The van der Waals surface area contributed by atoms with E-state index < -0.39 is 0 Å². The van der Waals surface area contributed by atoms with E-state index in [1.807, 2.05) is 12.1 Å². The molecule has 1 saturated carbocycles. The zero-order valence-electron chi connectivity index (χ0n) is 12.7. The van der Waals surface area contributed by atoms with Gasteiger partial charge in [-0.25, -0.2) is 0 Å². The Labute approximate surface area is 126 Å². The van der Waals surface area contributed by atoms with Crippen molar-refractivity contribution in [3.63, 3.8) is 0 Å². The van der Waals surface area contributed by atoms with Crippen LogP contribution in [0.2, 0.25) is 0 Å². The molecular formula is C18H23NO2. The van der Waals surface area contributed by atoms with E-state index in [-0.39, 0.29) is 23.1 Å². The highest BCUT2D eigenvalue weighted by molar-refractivity contribution is 6.02. The van der Waals surface area contributed by atoms with Crippen molar-refractivity contribution in [3.05, 3.63) is 35.4 Å². The average molecular weight is 285 g/mol. The van der Waals surface area contributed by atoms with E-state index in [0.29, 0.717) is 6.42 Å². The second kappa shape index (κ2) is 5.63. The second-order valence-electron chi connectivity index (χ2n) is 6.71. The Hall–Kier alpha value is -1.64. The van der Waals surface area contributed by atoms with Crippen molar-refractivity contribution in [1.82, 2.24) is 5.32 Å². The van der Waals surface area contributed by atoms with Crippen molar-refractivity contribution >= 4 is 11.8 Å². The molecule has 3 rings (SSSR count). The zero-order chi connectivity index (χ0) is 14.9. The van der Waals surface area contributed by atoms with Crippen LogP contribution in [0.5, 0.6) is 0 Å². The number of carbonyl (C=O) groups excluding carboxylic acids is 2. The minimum absolute atomic E-state index is 0.0918. The summed E-state index contributed by atoms with van der Waals surface area (Å²) >= 11 is 0. The SMILES string of the molecule is Cc1cccc(C2C(=O)NC(=O)CC23CCCCCC3)c1. The molecule has 1 aliphatic heterocycles. The van der Waals surface area contributed by atoms with Gasteiger partial charge in [0.05, 0.1) is 5.92 Å². The largest absolute Gasteiger partial charge is 0.296 e. The Balaban J connectivity index is 2.03. The van der Waals surface area contributed by atoms with Gasteiger partial charge in [0.15, 0.2) is 0 Å². The summed E-state index contributed by atoms with van der Waals surface area (Å²) in [6, 6.07) is 8.21. The third-order valence-electron chi connectivity index (χ3n) is 5.12. The molecule has 21 heavy (non-hydrogen) atoms. The minimum atomic E-state index is -0.173. The zero-order valence-corrected chi connectivity index (χ0v) is 12.7. The third-order valence-corrected chi connectivity index (χ3v) is 5.12. The Morgan fingerprint density at radius 2 is 1.81 bits per heavy atom.